The van der Waals surface area contributed by atoms with Crippen LogP contribution in [-0.2, 0) is 6.18 Å². The van der Waals surface area contributed by atoms with Gasteiger partial charge in [-0.15, -0.1) is 0 Å². The van der Waals surface area contributed by atoms with Gasteiger partial charge in [-0.05, 0) is 44.0 Å². The molecule has 1 heterocycles. The zero-order valence-electron chi connectivity index (χ0n) is 11.6. The first-order chi connectivity index (χ1) is 9.47. The molecule has 20 heavy (non-hydrogen) atoms. The van der Waals surface area contributed by atoms with Crippen molar-refractivity contribution in [2.45, 2.75) is 44.4 Å². The molecule has 1 aliphatic heterocycles. The summed E-state index contributed by atoms with van der Waals surface area (Å²) in [6, 6.07) is 5.89. The first kappa shape index (κ1) is 15.3. The van der Waals surface area contributed by atoms with Crippen LogP contribution < -0.4 is 10.6 Å². The van der Waals surface area contributed by atoms with E-state index in [4.69, 9.17) is 0 Å². The molecule has 2 atom stereocenters. The zero-order valence-corrected chi connectivity index (χ0v) is 11.6. The van der Waals surface area contributed by atoms with Crippen molar-refractivity contribution in [1.29, 1.82) is 0 Å². The van der Waals surface area contributed by atoms with Crippen molar-refractivity contribution in [3.05, 3.63) is 35.4 Å². The predicted octanol–water partition coefficient (Wildman–Crippen LogP) is 3.50. The molecule has 2 rings (SSSR count). The van der Waals surface area contributed by atoms with E-state index in [0.29, 0.717) is 11.6 Å². The summed E-state index contributed by atoms with van der Waals surface area (Å²) in [6.07, 6.45) is -0.722. The number of piperidine rings is 1. The Hall–Kier alpha value is -1.07. The van der Waals surface area contributed by atoms with Crippen molar-refractivity contribution >= 4 is 0 Å². The zero-order chi connectivity index (χ0) is 14.6. The lowest BCUT2D eigenvalue weighted by atomic mass is 10.0. The minimum atomic E-state index is -4.28. The third kappa shape index (κ3) is 4.21. The van der Waals surface area contributed by atoms with E-state index in [-0.39, 0.29) is 6.04 Å². The smallest absolute Gasteiger partial charge is 0.313 e. The third-order valence-corrected chi connectivity index (χ3v) is 3.80. The van der Waals surface area contributed by atoms with Gasteiger partial charge in [-0.25, -0.2) is 0 Å². The van der Waals surface area contributed by atoms with E-state index in [0.717, 1.165) is 25.6 Å². The van der Waals surface area contributed by atoms with E-state index >= 15 is 0 Å². The molecule has 0 radical (unpaired) electrons. The quantitative estimate of drug-likeness (QED) is 0.885. The molecule has 1 aromatic rings. The van der Waals surface area contributed by atoms with Gasteiger partial charge in [-0.3, -0.25) is 0 Å². The second-order valence-corrected chi connectivity index (χ2v) is 5.40. The van der Waals surface area contributed by atoms with Crippen molar-refractivity contribution in [3.63, 3.8) is 0 Å². The maximum atomic E-state index is 12.7. The van der Waals surface area contributed by atoms with Crippen molar-refractivity contribution in [3.8, 4) is 0 Å². The highest BCUT2D eigenvalue weighted by Crippen LogP contribution is 2.30. The fraction of sp³-hybridized carbons (Fsp3) is 0.600. The van der Waals surface area contributed by atoms with E-state index in [1.54, 1.807) is 6.07 Å². The van der Waals surface area contributed by atoms with Crippen LogP contribution in [0.15, 0.2) is 24.3 Å². The van der Waals surface area contributed by atoms with Gasteiger partial charge in [0.1, 0.15) is 0 Å². The summed E-state index contributed by atoms with van der Waals surface area (Å²) >= 11 is 0. The maximum Gasteiger partial charge on any atom is 0.416 e. The maximum absolute atomic E-state index is 12.7. The second kappa shape index (κ2) is 6.59. The van der Waals surface area contributed by atoms with Crippen LogP contribution in [0, 0.1) is 0 Å². The molecular formula is C15H21F3N2. The van der Waals surface area contributed by atoms with Crippen molar-refractivity contribution in [2.24, 2.45) is 0 Å². The number of benzene rings is 1. The van der Waals surface area contributed by atoms with Crippen LogP contribution in [0.25, 0.3) is 0 Å². The highest BCUT2D eigenvalue weighted by Gasteiger charge is 2.30. The fourth-order valence-corrected chi connectivity index (χ4v) is 2.52. The number of rotatable bonds is 4. The highest BCUT2D eigenvalue weighted by atomic mass is 19.4. The van der Waals surface area contributed by atoms with Crippen LogP contribution in [0.3, 0.4) is 0 Å². The summed E-state index contributed by atoms with van der Waals surface area (Å²) in [5.74, 6) is 0. The fourth-order valence-electron chi connectivity index (χ4n) is 2.52. The van der Waals surface area contributed by atoms with Gasteiger partial charge in [-0.2, -0.15) is 13.2 Å². The predicted molar refractivity (Wildman–Crippen MR) is 73.5 cm³/mol. The van der Waals surface area contributed by atoms with Crippen molar-refractivity contribution < 1.29 is 13.2 Å². The molecular weight excluding hydrogens is 265 g/mol. The number of hydrogen-bond acceptors (Lipinski definition) is 2. The topological polar surface area (TPSA) is 24.1 Å². The number of halogens is 3. The summed E-state index contributed by atoms with van der Waals surface area (Å²) in [7, 11) is 0. The number of nitrogens with one attached hydrogen (secondary N) is 2. The van der Waals surface area contributed by atoms with Crippen LogP contribution >= 0.6 is 0 Å². The van der Waals surface area contributed by atoms with E-state index in [2.05, 4.69) is 10.6 Å². The summed E-state index contributed by atoms with van der Waals surface area (Å²) in [5.41, 5.74) is 0.0927. The summed E-state index contributed by atoms with van der Waals surface area (Å²) in [6.45, 7) is 3.72. The first-order valence-electron chi connectivity index (χ1n) is 7.11. The molecule has 0 amide bonds. The average Bonchev–Trinajstić information content (AvgIpc) is 2.45. The molecule has 112 valence electrons. The molecule has 0 spiro atoms. The third-order valence-electron chi connectivity index (χ3n) is 3.80. The Morgan fingerprint density at radius 2 is 2.15 bits per heavy atom. The van der Waals surface area contributed by atoms with Crippen LogP contribution in [-0.4, -0.2) is 19.1 Å². The van der Waals surface area contributed by atoms with E-state index in [1.807, 2.05) is 6.92 Å². The lowest BCUT2D eigenvalue weighted by molar-refractivity contribution is -0.137. The van der Waals surface area contributed by atoms with Crippen LogP contribution in [0.2, 0.25) is 0 Å². The Bertz CT molecular complexity index is 425. The molecule has 1 aromatic carbocycles. The highest BCUT2D eigenvalue weighted by molar-refractivity contribution is 5.27. The Kier molecular flexibility index (Phi) is 5.05. The molecule has 2 nitrogen and oxygen atoms in total. The molecule has 1 aliphatic rings. The van der Waals surface area contributed by atoms with Gasteiger partial charge in [0.05, 0.1) is 5.56 Å². The molecule has 0 aromatic heterocycles. The average molecular weight is 286 g/mol. The molecule has 2 unspecified atom stereocenters. The van der Waals surface area contributed by atoms with Gasteiger partial charge in [0.2, 0.25) is 0 Å². The monoisotopic (exact) mass is 286 g/mol. The van der Waals surface area contributed by atoms with E-state index in [9.17, 15) is 13.2 Å². The molecule has 0 bridgehead atoms. The minimum absolute atomic E-state index is 0.0824. The van der Waals surface area contributed by atoms with Crippen molar-refractivity contribution in [1.82, 2.24) is 10.6 Å². The molecule has 2 N–H and O–H groups in total. The number of hydrogen-bond donors (Lipinski definition) is 2. The van der Waals surface area contributed by atoms with Crippen molar-refractivity contribution in [2.75, 3.05) is 13.1 Å². The first-order valence-corrected chi connectivity index (χ1v) is 7.11. The van der Waals surface area contributed by atoms with Gasteiger partial charge in [0.25, 0.3) is 0 Å². The Morgan fingerprint density at radius 1 is 1.35 bits per heavy atom. The SMILES string of the molecule is CC(NCC1CCCCN1)c1cccc(C(F)(F)F)c1. The molecule has 0 saturated carbocycles. The molecule has 0 aliphatic carbocycles. The summed E-state index contributed by atoms with van der Waals surface area (Å²) < 4.78 is 38.0. The van der Waals surface area contributed by atoms with E-state index < -0.39 is 11.7 Å². The normalized spacial score (nSPS) is 21.7. The molecule has 1 saturated heterocycles. The second-order valence-electron chi connectivity index (χ2n) is 5.40. The van der Waals surface area contributed by atoms with Gasteiger partial charge in [-0.1, -0.05) is 18.6 Å². The van der Waals surface area contributed by atoms with Gasteiger partial charge in [0, 0.05) is 18.6 Å². The number of alkyl halides is 3. The standard InChI is InChI=1S/C15H21F3N2/c1-11(20-10-14-7-2-3-8-19-14)12-5-4-6-13(9-12)15(16,17)18/h4-6,9,11,14,19-20H,2-3,7-8,10H2,1H3. The van der Waals surface area contributed by atoms with Gasteiger partial charge >= 0.3 is 6.18 Å². The molecule has 1 fully saturated rings. The Balaban J connectivity index is 1.93. The lowest BCUT2D eigenvalue weighted by Crippen LogP contribution is -2.42. The van der Waals surface area contributed by atoms with Gasteiger partial charge in [0.15, 0.2) is 0 Å². The van der Waals surface area contributed by atoms with Crippen LogP contribution in [0.4, 0.5) is 13.2 Å². The van der Waals surface area contributed by atoms with Gasteiger partial charge < -0.3 is 10.6 Å². The van der Waals surface area contributed by atoms with E-state index in [1.165, 1.54) is 25.0 Å². The minimum Gasteiger partial charge on any atom is -0.313 e. The van der Waals surface area contributed by atoms with Crippen LogP contribution in [0.5, 0.6) is 0 Å². The lowest BCUT2D eigenvalue weighted by Gasteiger charge is -2.25. The summed E-state index contributed by atoms with van der Waals surface area (Å²) in [5, 5.41) is 6.74. The summed E-state index contributed by atoms with van der Waals surface area (Å²) in [4.78, 5) is 0. The Labute approximate surface area is 117 Å². The van der Waals surface area contributed by atoms with Crippen LogP contribution in [0.1, 0.15) is 43.4 Å². The Morgan fingerprint density at radius 3 is 2.80 bits per heavy atom. The molecule has 5 heteroatoms. The largest absolute Gasteiger partial charge is 0.416 e.